The molecule has 0 fully saturated rings. The second kappa shape index (κ2) is 7.92. The van der Waals surface area contributed by atoms with E-state index in [-0.39, 0.29) is 5.57 Å². The van der Waals surface area contributed by atoms with E-state index in [0.717, 1.165) is 11.3 Å². The van der Waals surface area contributed by atoms with Gasteiger partial charge < -0.3 is 9.88 Å². The summed E-state index contributed by atoms with van der Waals surface area (Å²) in [5.41, 5.74) is 2.09. The number of halogens is 2. The fourth-order valence-corrected chi connectivity index (χ4v) is 2.81. The van der Waals surface area contributed by atoms with Crippen LogP contribution in [0.25, 0.3) is 11.8 Å². The highest BCUT2D eigenvalue weighted by atomic mass is 35.5. The molecule has 0 radical (unpaired) electrons. The molecule has 2 aromatic carbocycles. The molecule has 0 aliphatic carbocycles. The minimum Gasteiger partial charge on any atom is -0.323 e. The Labute approximate surface area is 160 Å². The Morgan fingerprint density at radius 2 is 1.88 bits per heavy atom. The Bertz CT molecular complexity index is 1020. The zero-order valence-electron chi connectivity index (χ0n) is 13.5. The smallest absolute Gasteiger partial charge is 0.266 e. The summed E-state index contributed by atoms with van der Waals surface area (Å²) in [6.07, 6.45) is 5.23. The van der Waals surface area contributed by atoms with Gasteiger partial charge in [0, 0.05) is 23.1 Å². The van der Waals surface area contributed by atoms with E-state index in [2.05, 4.69) is 5.32 Å². The first-order chi connectivity index (χ1) is 12.6. The molecule has 0 saturated heterocycles. The molecule has 6 heteroatoms. The first-order valence-electron chi connectivity index (χ1n) is 7.68. The van der Waals surface area contributed by atoms with Crippen molar-refractivity contribution < 1.29 is 4.79 Å². The van der Waals surface area contributed by atoms with Crippen molar-refractivity contribution in [1.82, 2.24) is 4.57 Å². The molecule has 26 heavy (non-hydrogen) atoms. The van der Waals surface area contributed by atoms with Gasteiger partial charge in [-0.05, 0) is 48.0 Å². The van der Waals surface area contributed by atoms with Gasteiger partial charge in [-0.2, -0.15) is 5.26 Å². The largest absolute Gasteiger partial charge is 0.323 e. The van der Waals surface area contributed by atoms with Crippen molar-refractivity contribution in [3.8, 4) is 11.8 Å². The standard InChI is InChI=1S/C20H13Cl2N3O/c21-16-6-7-19(18(22)11-16)24-20(26)15(12-23)10-14-8-9-25(13-14)17-4-2-1-3-5-17/h1-11,13H,(H,24,26)/b15-10+. The van der Waals surface area contributed by atoms with E-state index < -0.39 is 5.91 Å². The van der Waals surface area contributed by atoms with Crippen LogP contribution in [0.3, 0.4) is 0 Å². The highest BCUT2D eigenvalue weighted by Crippen LogP contribution is 2.26. The van der Waals surface area contributed by atoms with Crippen molar-refractivity contribution >= 4 is 40.9 Å². The van der Waals surface area contributed by atoms with E-state index in [1.165, 1.54) is 12.1 Å². The van der Waals surface area contributed by atoms with E-state index in [1.807, 2.05) is 59.4 Å². The average Bonchev–Trinajstić information content (AvgIpc) is 3.11. The van der Waals surface area contributed by atoms with Crippen LogP contribution in [-0.2, 0) is 4.79 Å². The molecule has 0 aliphatic heterocycles. The minimum absolute atomic E-state index is 0.0261. The minimum atomic E-state index is -0.538. The van der Waals surface area contributed by atoms with Crippen LogP contribution < -0.4 is 5.32 Å². The molecule has 0 unspecified atom stereocenters. The molecule has 3 aromatic rings. The number of rotatable bonds is 4. The van der Waals surface area contributed by atoms with Gasteiger partial charge in [0.15, 0.2) is 0 Å². The summed E-state index contributed by atoms with van der Waals surface area (Å²) in [6.45, 7) is 0. The van der Waals surface area contributed by atoms with Gasteiger partial charge in [-0.25, -0.2) is 0 Å². The van der Waals surface area contributed by atoms with Crippen molar-refractivity contribution in [1.29, 1.82) is 5.26 Å². The van der Waals surface area contributed by atoms with Crippen LogP contribution in [-0.4, -0.2) is 10.5 Å². The number of benzene rings is 2. The third-order valence-electron chi connectivity index (χ3n) is 3.63. The fourth-order valence-electron chi connectivity index (χ4n) is 2.35. The number of carbonyl (C=O) groups excluding carboxylic acids is 1. The number of para-hydroxylation sites is 1. The maximum absolute atomic E-state index is 12.4. The molecular weight excluding hydrogens is 369 g/mol. The quantitative estimate of drug-likeness (QED) is 0.490. The number of nitriles is 1. The topological polar surface area (TPSA) is 57.8 Å². The van der Waals surface area contributed by atoms with Crippen molar-refractivity contribution in [2.45, 2.75) is 0 Å². The van der Waals surface area contributed by atoms with Gasteiger partial charge in [-0.3, -0.25) is 4.79 Å². The molecule has 0 aliphatic rings. The van der Waals surface area contributed by atoms with Crippen LogP contribution in [0.2, 0.25) is 10.0 Å². The Kier molecular flexibility index (Phi) is 5.43. The van der Waals surface area contributed by atoms with Gasteiger partial charge in [-0.1, -0.05) is 41.4 Å². The second-order valence-electron chi connectivity index (χ2n) is 5.44. The summed E-state index contributed by atoms with van der Waals surface area (Å²) in [6, 6.07) is 18.2. The molecule has 1 heterocycles. The summed E-state index contributed by atoms with van der Waals surface area (Å²) >= 11 is 11.9. The maximum Gasteiger partial charge on any atom is 0.266 e. The van der Waals surface area contributed by atoms with Crippen LogP contribution >= 0.6 is 23.2 Å². The van der Waals surface area contributed by atoms with Crippen molar-refractivity contribution in [3.63, 3.8) is 0 Å². The van der Waals surface area contributed by atoms with Crippen LogP contribution in [0.5, 0.6) is 0 Å². The number of anilines is 1. The third kappa shape index (κ3) is 4.15. The molecule has 1 N–H and O–H groups in total. The number of nitrogens with one attached hydrogen (secondary N) is 1. The van der Waals surface area contributed by atoms with Gasteiger partial charge in [0.1, 0.15) is 11.6 Å². The SMILES string of the molecule is N#C/C(=C\c1ccn(-c2ccccc2)c1)C(=O)Nc1ccc(Cl)cc1Cl. The fraction of sp³-hybridized carbons (Fsp3) is 0. The molecule has 4 nitrogen and oxygen atoms in total. The molecule has 1 amide bonds. The number of hydrogen-bond donors (Lipinski definition) is 1. The lowest BCUT2D eigenvalue weighted by Crippen LogP contribution is -2.13. The predicted molar refractivity (Wildman–Crippen MR) is 104 cm³/mol. The Morgan fingerprint density at radius 3 is 2.58 bits per heavy atom. The van der Waals surface area contributed by atoms with Crippen molar-refractivity contribution in [2.75, 3.05) is 5.32 Å². The Hall–Kier alpha value is -3.00. The molecule has 0 atom stereocenters. The predicted octanol–water partition coefficient (Wildman–Crippen LogP) is 5.33. The van der Waals surface area contributed by atoms with E-state index >= 15 is 0 Å². The molecule has 1 aromatic heterocycles. The van der Waals surface area contributed by atoms with Gasteiger partial charge >= 0.3 is 0 Å². The molecule has 0 saturated carbocycles. The van der Waals surface area contributed by atoms with Crippen LogP contribution in [0.4, 0.5) is 5.69 Å². The molecular formula is C20H13Cl2N3O. The number of nitrogens with zero attached hydrogens (tertiary/aromatic N) is 2. The second-order valence-corrected chi connectivity index (χ2v) is 6.28. The van der Waals surface area contributed by atoms with Gasteiger partial charge in [-0.15, -0.1) is 0 Å². The van der Waals surface area contributed by atoms with E-state index in [4.69, 9.17) is 23.2 Å². The van der Waals surface area contributed by atoms with Gasteiger partial charge in [0.2, 0.25) is 0 Å². The van der Waals surface area contributed by atoms with Gasteiger partial charge in [0.25, 0.3) is 5.91 Å². The van der Waals surface area contributed by atoms with Crippen LogP contribution in [0.1, 0.15) is 5.56 Å². The number of hydrogen-bond acceptors (Lipinski definition) is 2. The number of amides is 1. The third-order valence-corrected chi connectivity index (χ3v) is 4.17. The van der Waals surface area contributed by atoms with Gasteiger partial charge in [0.05, 0.1) is 10.7 Å². The van der Waals surface area contributed by atoms with Crippen molar-refractivity contribution in [2.24, 2.45) is 0 Å². The van der Waals surface area contributed by atoms with Crippen molar-refractivity contribution in [3.05, 3.63) is 88.2 Å². The highest BCUT2D eigenvalue weighted by molar-refractivity contribution is 6.36. The Balaban J connectivity index is 1.81. The van der Waals surface area contributed by atoms with E-state index in [9.17, 15) is 10.1 Å². The lowest BCUT2D eigenvalue weighted by Gasteiger charge is -2.06. The number of carbonyl (C=O) groups is 1. The van der Waals surface area contributed by atoms with Crippen LogP contribution in [0, 0.1) is 11.3 Å². The molecule has 3 rings (SSSR count). The monoisotopic (exact) mass is 381 g/mol. The highest BCUT2D eigenvalue weighted by Gasteiger charge is 2.12. The lowest BCUT2D eigenvalue weighted by molar-refractivity contribution is -0.112. The first-order valence-corrected chi connectivity index (χ1v) is 8.44. The molecule has 0 spiro atoms. The summed E-state index contributed by atoms with van der Waals surface area (Å²) in [7, 11) is 0. The number of aromatic nitrogens is 1. The zero-order chi connectivity index (χ0) is 18.5. The maximum atomic E-state index is 12.4. The molecule has 128 valence electrons. The summed E-state index contributed by atoms with van der Waals surface area (Å²) in [5.74, 6) is -0.538. The summed E-state index contributed by atoms with van der Waals surface area (Å²) in [4.78, 5) is 12.4. The average molecular weight is 382 g/mol. The summed E-state index contributed by atoms with van der Waals surface area (Å²) < 4.78 is 1.91. The first kappa shape index (κ1) is 17.8. The lowest BCUT2D eigenvalue weighted by atomic mass is 10.2. The van der Waals surface area contributed by atoms with E-state index in [0.29, 0.717) is 15.7 Å². The van der Waals surface area contributed by atoms with E-state index in [1.54, 1.807) is 12.1 Å². The summed E-state index contributed by atoms with van der Waals surface area (Å²) in [5, 5.41) is 12.7. The zero-order valence-corrected chi connectivity index (χ0v) is 15.0. The molecule has 0 bridgehead atoms. The van der Waals surface area contributed by atoms with Crippen LogP contribution in [0.15, 0.2) is 72.6 Å². The normalized spacial score (nSPS) is 11.0. The Morgan fingerprint density at radius 1 is 1.12 bits per heavy atom.